The summed E-state index contributed by atoms with van der Waals surface area (Å²) >= 11 is 0. The first-order chi connectivity index (χ1) is 14.2. The van der Waals surface area contributed by atoms with Crippen LogP contribution in [0.15, 0.2) is 29.0 Å². The molecule has 2 aromatic rings. The van der Waals surface area contributed by atoms with Crippen LogP contribution in [0.2, 0.25) is 0 Å². The van der Waals surface area contributed by atoms with Gasteiger partial charge in [-0.1, -0.05) is 12.1 Å². The van der Waals surface area contributed by atoms with Crippen LogP contribution in [0.4, 0.5) is 4.79 Å². The van der Waals surface area contributed by atoms with Crippen molar-refractivity contribution in [3.63, 3.8) is 0 Å². The standard InChI is InChI=1S/C21H29N5O4/c1-14-13-26(20(28)29-21(2,3)4)12-9-16(14)23-17(27)5-6-18-24-19(25-30-18)15-7-10-22-11-8-15/h7-8,10-11,14,16H,5-6,9,12-13H2,1-4H3,(H,23,27). The van der Waals surface area contributed by atoms with Gasteiger partial charge in [-0.05, 0) is 45.2 Å². The Morgan fingerprint density at radius 2 is 2.03 bits per heavy atom. The van der Waals surface area contributed by atoms with E-state index in [0.29, 0.717) is 37.6 Å². The van der Waals surface area contributed by atoms with Crippen LogP contribution >= 0.6 is 0 Å². The molecule has 0 aromatic carbocycles. The van der Waals surface area contributed by atoms with Gasteiger partial charge in [0.15, 0.2) is 0 Å². The minimum absolute atomic E-state index is 0.0197. The predicted octanol–water partition coefficient (Wildman–Crippen LogP) is 2.83. The SMILES string of the molecule is CC1CN(C(=O)OC(C)(C)C)CCC1NC(=O)CCc1nc(-c2ccncc2)no1. The number of aryl methyl sites for hydroxylation is 1. The molecule has 0 saturated carbocycles. The fourth-order valence-corrected chi connectivity index (χ4v) is 3.33. The Kier molecular flexibility index (Phi) is 6.69. The van der Waals surface area contributed by atoms with Crippen LogP contribution in [0, 0.1) is 5.92 Å². The average Bonchev–Trinajstić information content (AvgIpc) is 3.16. The van der Waals surface area contributed by atoms with Crippen molar-refractivity contribution >= 4 is 12.0 Å². The molecule has 1 fully saturated rings. The predicted molar refractivity (Wildman–Crippen MR) is 109 cm³/mol. The molecular formula is C21H29N5O4. The molecule has 3 rings (SSSR count). The van der Waals surface area contributed by atoms with E-state index in [1.54, 1.807) is 29.4 Å². The molecule has 0 spiro atoms. The number of rotatable bonds is 5. The molecule has 0 aliphatic carbocycles. The van der Waals surface area contributed by atoms with E-state index < -0.39 is 5.60 Å². The van der Waals surface area contributed by atoms with Gasteiger partial charge >= 0.3 is 6.09 Å². The number of ether oxygens (including phenoxy) is 1. The zero-order valence-corrected chi connectivity index (χ0v) is 17.9. The third-order valence-electron chi connectivity index (χ3n) is 4.88. The summed E-state index contributed by atoms with van der Waals surface area (Å²) in [6.07, 6.45) is 4.34. The third-order valence-corrected chi connectivity index (χ3v) is 4.88. The van der Waals surface area contributed by atoms with Crippen molar-refractivity contribution in [3.8, 4) is 11.4 Å². The van der Waals surface area contributed by atoms with Crippen molar-refractivity contribution in [2.75, 3.05) is 13.1 Å². The molecule has 9 nitrogen and oxygen atoms in total. The summed E-state index contributed by atoms with van der Waals surface area (Å²) in [6.45, 7) is 8.70. The van der Waals surface area contributed by atoms with Gasteiger partial charge in [0.2, 0.25) is 17.6 Å². The summed E-state index contributed by atoms with van der Waals surface area (Å²) in [5.74, 6) is 0.971. The molecule has 3 heterocycles. The molecule has 0 bridgehead atoms. The summed E-state index contributed by atoms with van der Waals surface area (Å²) in [4.78, 5) is 34.6. The van der Waals surface area contributed by atoms with E-state index in [2.05, 4.69) is 20.4 Å². The molecule has 2 atom stereocenters. The zero-order chi connectivity index (χ0) is 21.7. The van der Waals surface area contributed by atoms with Gasteiger partial charge in [0, 0.05) is 49.9 Å². The molecule has 2 unspecified atom stereocenters. The molecule has 2 aromatic heterocycles. The molecule has 1 aliphatic heterocycles. The Bertz CT molecular complexity index is 862. The maximum atomic E-state index is 12.4. The lowest BCUT2D eigenvalue weighted by Crippen LogP contribution is -2.52. The summed E-state index contributed by atoms with van der Waals surface area (Å²) in [5.41, 5.74) is 0.298. The smallest absolute Gasteiger partial charge is 0.410 e. The molecule has 2 amide bonds. The lowest BCUT2D eigenvalue weighted by Gasteiger charge is -2.37. The number of pyridine rings is 1. The zero-order valence-electron chi connectivity index (χ0n) is 17.9. The van der Waals surface area contributed by atoms with Gasteiger partial charge in [-0.3, -0.25) is 9.78 Å². The summed E-state index contributed by atoms with van der Waals surface area (Å²) in [7, 11) is 0. The van der Waals surface area contributed by atoms with Crippen LogP contribution in [0.3, 0.4) is 0 Å². The number of nitrogens with one attached hydrogen (secondary N) is 1. The summed E-state index contributed by atoms with van der Waals surface area (Å²) < 4.78 is 10.7. The van der Waals surface area contributed by atoms with E-state index in [4.69, 9.17) is 9.26 Å². The minimum Gasteiger partial charge on any atom is -0.444 e. The van der Waals surface area contributed by atoms with Gasteiger partial charge in [0.05, 0.1) is 0 Å². The molecule has 9 heteroatoms. The summed E-state index contributed by atoms with van der Waals surface area (Å²) in [6, 6.07) is 3.62. The Morgan fingerprint density at radius 3 is 2.70 bits per heavy atom. The Labute approximate surface area is 176 Å². The first-order valence-electron chi connectivity index (χ1n) is 10.2. The van der Waals surface area contributed by atoms with E-state index >= 15 is 0 Å². The van der Waals surface area contributed by atoms with Crippen LogP contribution in [-0.2, 0) is 16.0 Å². The van der Waals surface area contributed by atoms with Crippen molar-refractivity contribution in [1.29, 1.82) is 0 Å². The quantitative estimate of drug-likeness (QED) is 0.799. The number of carbonyl (C=O) groups excluding carboxylic acids is 2. The molecule has 30 heavy (non-hydrogen) atoms. The van der Waals surface area contributed by atoms with Crippen LogP contribution in [-0.4, -0.2) is 56.8 Å². The fraction of sp³-hybridized carbons (Fsp3) is 0.571. The van der Waals surface area contributed by atoms with E-state index in [0.717, 1.165) is 5.56 Å². The second-order valence-corrected chi connectivity index (χ2v) is 8.61. The Hall–Kier alpha value is -2.97. The number of nitrogens with zero attached hydrogens (tertiary/aromatic N) is 4. The second kappa shape index (κ2) is 9.23. The summed E-state index contributed by atoms with van der Waals surface area (Å²) in [5, 5.41) is 7.02. The lowest BCUT2D eigenvalue weighted by molar-refractivity contribution is -0.122. The van der Waals surface area contributed by atoms with Crippen LogP contribution < -0.4 is 5.32 Å². The van der Waals surface area contributed by atoms with Gasteiger partial charge in [0.1, 0.15) is 5.60 Å². The highest BCUT2D eigenvalue weighted by molar-refractivity contribution is 5.76. The van der Waals surface area contributed by atoms with Gasteiger partial charge in [-0.2, -0.15) is 4.98 Å². The van der Waals surface area contributed by atoms with Crippen LogP contribution in [0.1, 0.15) is 46.4 Å². The molecule has 1 saturated heterocycles. The Balaban J connectivity index is 1.44. The fourth-order valence-electron chi connectivity index (χ4n) is 3.33. The molecular weight excluding hydrogens is 386 g/mol. The Morgan fingerprint density at radius 1 is 1.30 bits per heavy atom. The second-order valence-electron chi connectivity index (χ2n) is 8.61. The monoisotopic (exact) mass is 415 g/mol. The van der Waals surface area contributed by atoms with Crippen molar-refractivity contribution in [3.05, 3.63) is 30.4 Å². The van der Waals surface area contributed by atoms with Crippen LogP contribution in [0.5, 0.6) is 0 Å². The number of hydrogen-bond donors (Lipinski definition) is 1. The number of hydrogen-bond acceptors (Lipinski definition) is 7. The highest BCUT2D eigenvalue weighted by Gasteiger charge is 2.31. The molecule has 1 N–H and O–H groups in total. The number of likely N-dealkylation sites (tertiary alicyclic amines) is 1. The molecule has 1 aliphatic rings. The van der Waals surface area contributed by atoms with Crippen molar-refractivity contribution in [2.24, 2.45) is 5.92 Å². The first-order valence-corrected chi connectivity index (χ1v) is 10.2. The highest BCUT2D eigenvalue weighted by atomic mass is 16.6. The highest BCUT2D eigenvalue weighted by Crippen LogP contribution is 2.20. The number of aromatic nitrogens is 3. The van der Waals surface area contributed by atoms with E-state index in [9.17, 15) is 9.59 Å². The maximum Gasteiger partial charge on any atom is 0.410 e. The molecule has 0 radical (unpaired) electrons. The van der Waals surface area contributed by atoms with Gasteiger partial charge in [0.25, 0.3) is 0 Å². The minimum atomic E-state index is -0.516. The third kappa shape index (κ3) is 6.01. The van der Waals surface area contributed by atoms with Gasteiger partial charge < -0.3 is 19.5 Å². The number of amides is 2. The van der Waals surface area contributed by atoms with Crippen molar-refractivity contribution < 1.29 is 18.8 Å². The lowest BCUT2D eigenvalue weighted by atomic mass is 9.94. The van der Waals surface area contributed by atoms with Gasteiger partial charge in [-0.25, -0.2) is 4.79 Å². The van der Waals surface area contributed by atoms with E-state index in [-0.39, 0.29) is 30.4 Å². The molecule has 162 valence electrons. The largest absolute Gasteiger partial charge is 0.444 e. The number of carbonyl (C=O) groups is 2. The topological polar surface area (TPSA) is 110 Å². The number of piperidine rings is 1. The van der Waals surface area contributed by atoms with Crippen LogP contribution in [0.25, 0.3) is 11.4 Å². The van der Waals surface area contributed by atoms with E-state index in [1.165, 1.54) is 0 Å². The maximum absolute atomic E-state index is 12.4. The average molecular weight is 415 g/mol. The first kappa shape index (κ1) is 21.7. The van der Waals surface area contributed by atoms with Gasteiger partial charge in [-0.15, -0.1) is 0 Å². The van der Waals surface area contributed by atoms with E-state index in [1.807, 2.05) is 27.7 Å². The van der Waals surface area contributed by atoms with Crippen molar-refractivity contribution in [1.82, 2.24) is 25.3 Å². The normalized spacial score (nSPS) is 19.4. The van der Waals surface area contributed by atoms with Crippen molar-refractivity contribution in [2.45, 2.75) is 58.6 Å².